The molecule has 2 aromatic heterocycles. The molecular weight excluding hydrogens is 310 g/mol. The van der Waals surface area contributed by atoms with Crippen molar-refractivity contribution in [3.8, 4) is 10.7 Å². The lowest BCUT2D eigenvalue weighted by Gasteiger charge is -2.10. The monoisotopic (exact) mass is 323 g/mol. The van der Waals surface area contributed by atoms with Gasteiger partial charge in [0.25, 0.3) is 0 Å². The number of carbonyl (C=O) groups excluding carboxylic acids is 2. The summed E-state index contributed by atoms with van der Waals surface area (Å²) in [5.41, 5.74) is 0. The molecule has 1 aliphatic heterocycles. The van der Waals surface area contributed by atoms with Crippen molar-refractivity contribution in [3.05, 3.63) is 17.5 Å². The van der Waals surface area contributed by atoms with Crippen molar-refractivity contribution in [1.29, 1.82) is 0 Å². The zero-order valence-corrected chi connectivity index (χ0v) is 12.7. The minimum atomic E-state index is -0.303. The van der Waals surface area contributed by atoms with Crippen molar-refractivity contribution >= 4 is 35.0 Å². The molecule has 0 spiro atoms. The molecule has 3 amide bonds. The molecule has 7 nitrogen and oxygen atoms in total. The number of aromatic amines is 1. The number of nitrogens with zero attached hydrogens (tertiary/aromatic N) is 3. The molecule has 2 N–H and O–H groups in total. The number of amides is 3. The number of imide groups is 1. The second kappa shape index (κ2) is 6.27. The van der Waals surface area contributed by atoms with Gasteiger partial charge < -0.3 is 5.32 Å². The SMILES string of the molecule is O=C1CNC(=O)N1CCCSc1n[nH]c(-c2cccs2)n1. The standard InChI is InChI=1S/C12H13N5O2S2/c18-9-7-13-12(19)17(9)4-2-6-21-11-14-10(15-16-11)8-3-1-5-20-8/h1,3,5H,2,4,6-7H2,(H,13,19)(H,14,15,16). The highest BCUT2D eigenvalue weighted by Crippen LogP contribution is 2.23. The van der Waals surface area contributed by atoms with Gasteiger partial charge in [0.15, 0.2) is 5.82 Å². The first-order valence-corrected chi connectivity index (χ1v) is 8.28. The highest BCUT2D eigenvalue weighted by molar-refractivity contribution is 7.99. The fourth-order valence-corrected chi connectivity index (χ4v) is 3.29. The van der Waals surface area contributed by atoms with Gasteiger partial charge in [-0.15, -0.1) is 16.4 Å². The lowest BCUT2D eigenvalue weighted by Crippen LogP contribution is -2.32. The van der Waals surface area contributed by atoms with Crippen LogP contribution in [0.15, 0.2) is 22.7 Å². The number of H-pyrrole nitrogens is 1. The summed E-state index contributed by atoms with van der Waals surface area (Å²) in [7, 11) is 0. The number of hydrogen-bond acceptors (Lipinski definition) is 6. The maximum atomic E-state index is 11.4. The van der Waals surface area contributed by atoms with Gasteiger partial charge in [-0.25, -0.2) is 9.78 Å². The number of carbonyl (C=O) groups is 2. The summed E-state index contributed by atoms with van der Waals surface area (Å²) in [4.78, 5) is 29.4. The van der Waals surface area contributed by atoms with Crippen LogP contribution >= 0.6 is 23.1 Å². The molecule has 1 fully saturated rings. The van der Waals surface area contributed by atoms with Gasteiger partial charge in [0, 0.05) is 12.3 Å². The quantitative estimate of drug-likeness (QED) is 0.478. The highest BCUT2D eigenvalue weighted by Gasteiger charge is 2.27. The normalized spacial score (nSPS) is 14.8. The van der Waals surface area contributed by atoms with Crippen LogP contribution in [0.2, 0.25) is 0 Å². The van der Waals surface area contributed by atoms with Crippen LogP contribution in [0.1, 0.15) is 6.42 Å². The molecule has 110 valence electrons. The zero-order chi connectivity index (χ0) is 14.7. The molecule has 3 heterocycles. The minimum absolute atomic E-state index is 0.108. The molecule has 0 aromatic carbocycles. The summed E-state index contributed by atoms with van der Waals surface area (Å²) in [5.74, 6) is 1.35. The maximum absolute atomic E-state index is 11.4. The Morgan fingerprint density at radius 3 is 3.05 bits per heavy atom. The van der Waals surface area contributed by atoms with Crippen LogP contribution in [-0.4, -0.2) is 50.9 Å². The first kappa shape index (κ1) is 14.1. The highest BCUT2D eigenvalue weighted by atomic mass is 32.2. The van der Waals surface area contributed by atoms with E-state index in [1.165, 1.54) is 16.7 Å². The van der Waals surface area contributed by atoms with Crippen LogP contribution in [0.3, 0.4) is 0 Å². The summed E-state index contributed by atoms with van der Waals surface area (Å²) in [5, 5.41) is 12.2. The van der Waals surface area contributed by atoms with Crippen LogP contribution in [-0.2, 0) is 4.79 Å². The second-order valence-electron chi connectivity index (χ2n) is 4.35. The summed E-state index contributed by atoms with van der Waals surface area (Å²) >= 11 is 3.11. The number of urea groups is 1. The van der Waals surface area contributed by atoms with Gasteiger partial charge >= 0.3 is 6.03 Å². The molecule has 1 saturated heterocycles. The largest absolute Gasteiger partial charge is 0.329 e. The molecule has 0 saturated carbocycles. The topological polar surface area (TPSA) is 91.0 Å². The predicted octanol–water partition coefficient (Wildman–Crippen LogP) is 1.57. The van der Waals surface area contributed by atoms with Crippen molar-refractivity contribution in [2.24, 2.45) is 0 Å². The minimum Gasteiger partial charge on any atom is -0.329 e. The average molecular weight is 323 g/mol. The number of hydrogen-bond donors (Lipinski definition) is 2. The average Bonchev–Trinajstić information content (AvgIpc) is 3.19. The fourth-order valence-electron chi connectivity index (χ4n) is 1.90. The Morgan fingerprint density at radius 2 is 2.33 bits per heavy atom. The van der Waals surface area contributed by atoms with Gasteiger partial charge in [-0.3, -0.25) is 14.8 Å². The van der Waals surface area contributed by atoms with E-state index in [1.54, 1.807) is 11.3 Å². The third-order valence-electron chi connectivity index (χ3n) is 2.91. The third kappa shape index (κ3) is 3.24. The van der Waals surface area contributed by atoms with E-state index in [-0.39, 0.29) is 18.5 Å². The number of rotatable bonds is 6. The van der Waals surface area contributed by atoms with Gasteiger partial charge in [0.2, 0.25) is 11.1 Å². The summed E-state index contributed by atoms with van der Waals surface area (Å²) in [6.45, 7) is 0.539. The van der Waals surface area contributed by atoms with Crippen molar-refractivity contribution < 1.29 is 9.59 Å². The van der Waals surface area contributed by atoms with Crippen molar-refractivity contribution in [1.82, 2.24) is 25.4 Å². The Balaban J connectivity index is 1.46. The lowest BCUT2D eigenvalue weighted by atomic mass is 10.4. The molecule has 0 atom stereocenters. The lowest BCUT2D eigenvalue weighted by molar-refractivity contribution is -0.124. The third-order valence-corrected chi connectivity index (χ3v) is 4.72. The first-order chi connectivity index (χ1) is 10.2. The maximum Gasteiger partial charge on any atom is 0.324 e. The van der Waals surface area contributed by atoms with Gasteiger partial charge in [-0.1, -0.05) is 17.8 Å². The van der Waals surface area contributed by atoms with Crippen molar-refractivity contribution in [2.45, 2.75) is 11.6 Å². The molecule has 0 bridgehead atoms. The number of thioether (sulfide) groups is 1. The van der Waals surface area contributed by atoms with E-state index in [0.29, 0.717) is 18.1 Å². The van der Waals surface area contributed by atoms with E-state index >= 15 is 0 Å². The summed E-state index contributed by atoms with van der Waals surface area (Å²) < 4.78 is 0. The molecule has 21 heavy (non-hydrogen) atoms. The Labute approximate surface area is 129 Å². The Kier molecular flexibility index (Phi) is 4.20. The van der Waals surface area contributed by atoms with Crippen molar-refractivity contribution in [2.75, 3.05) is 18.8 Å². The Morgan fingerprint density at radius 1 is 1.43 bits per heavy atom. The van der Waals surface area contributed by atoms with Crippen LogP contribution in [0.25, 0.3) is 10.7 Å². The Hall–Kier alpha value is -1.87. The fraction of sp³-hybridized carbons (Fsp3) is 0.333. The van der Waals surface area contributed by atoms with Crippen molar-refractivity contribution in [3.63, 3.8) is 0 Å². The van der Waals surface area contributed by atoms with Crippen LogP contribution in [0.5, 0.6) is 0 Å². The van der Waals surface area contributed by atoms with E-state index in [1.807, 2.05) is 17.5 Å². The van der Waals surface area contributed by atoms with E-state index in [9.17, 15) is 9.59 Å². The molecule has 0 radical (unpaired) electrons. The van der Waals surface area contributed by atoms with Gasteiger partial charge in [-0.05, 0) is 17.9 Å². The van der Waals surface area contributed by atoms with Gasteiger partial charge in [0.05, 0.1) is 11.4 Å². The summed E-state index contributed by atoms with van der Waals surface area (Å²) in [6, 6.07) is 3.65. The number of aromatic nitrogens is 3. The molecule has 9 heteroatoms. The second-order valence-corrected chi connectivity index (χ2v) is 6.36. The number of nitrogens with one attached hydrogen (secondary N) is 2. The van der Waals surface area contributed by atoms with Gasteiger partial charge in [0.1, 0.15) is 0 Å². The van der Waals surface area contributed by atoms with E-state index in [2.05, 4.69) is 20.5 Å². The molecule has 1 aliphatic rings. The van der Waals surface area contributed by atoms with Crippen LogP contribution in [0.4, 0.5) is 4.79 Å². The van der Waals surface area contributed by atoms with Crippen LogP contribution < -0.4 is 5.32 Å². The molecular formula is C12H13N5O2S2. The molecule has 0 unspecified atom stereocenters. The Bertz CT molecular complexity index is 624. The van der Waals surface area contributed by atoms with E-state index in [4.69, 9.17) is 0 Å². The van der Waals surface area contributed by atoms with Crippen LogP contribution in [0, 0.1) is 0 Å². The summed E-state index contributed by atoms with van der Waals surface area (Å²) in [6.07, 6.45) is 0.715. The smallest absolute Gasteiger partial charge is 0.324 e. The molecule has 3 rings (SSSR count). The van der Waals surface area contributed by atoms with E-state index in [0.717, 1.165) is 16.5 Å². The first-order valence-electron chi connectivity index (χ1n) is 6.41. The zero-order valence-electron chi connectivity index (χ0n) is 11.0. The predicted molar refractivity (Wildman–Crippen MR) is 80.1 cm³/mol. The molecule has 2 aromatic rings. The number of thiophene rings is 1. The van der Waals surface area contributed by atoms with Gasteiger partial charge in [-0.2, -0.15) is 0 Å². The molecule has 0 aliphatic carbocycles. The van der Waals surface area contributed by atoms with E-state index < -0.39 is 0 Å².